The molecule has 1 aromatic carbocycles. The molecule has 25 heavy (non-hydrogen) atoms. The summed E-state index contributed by atoms with van der Waals surface area (Å²) >= 11 is 0. The van der Waals surface area contributed by atoms with E-state index in [1.54, 1.807) is 55.7 Å². The number of benzene rings is 1. The van der Waals surface area contributed by atoms with E-state index in [9.17, 15) is 13.2 Å². The van der Waals surface area contributed by atoms with Crippen LogP contribution in [0.2, 0.25) is 0 Å². The van der Waals surface area contributed by atoms with Gasteiger partial charge in [0.05, 0.1) is 19.1 Å². The van der Waals surface area contributed by atoms with Crippen molar-refractivity contribution in [2.24, 2.45) is 0 Å². The zero-order valence-corrected chi connectivity index (χ0v) is 15.2. The van der Waals surface area contributed by atoms with Crippen molar-refractivity contribution in [3.05, 3.63) is 54.4 Å². The van der Waals surface area contributed by atoms with E-state index in [1.807, 2.05) is 0 Å². The van der Waals surface area contributed by atoms with E-state index in [0.29, 0.717) is 18.0 Å². The molecule has 0 radical (unpaired) electrons. The molecule has 1 unspecified atom stereocenters. The van der Waals surface area contributed by atoms with Crippen molar-refractivity contribution in [2.45, 2.75) is 19.5 Å². The summed E-state index contributed by atoms with van der Waals surface area (Å²) in [5.41, 5.74) is 1.28. The molecule has 2 rings (SSSR count). The van der Waals surface area contributed by atoms with E-state index < -0.39 is 22.0 Å². The van der Waals surface area contributed by atoms with E-state index in [2.05, 4.69) is 10.3 Å². The van der Waals surface area contributed by atoms with Crippen molar-refractivity contribution in [2.75, 3.05) is 17.7 Å². The number of sulfonamides is 1. The van der Waals surface area contributed by atoms with Gasteiger partial charge in [-0.2, -0.15) is 0 Å². The minimum Gasteiger partial charge on any atom is -0.497 e. The highest BCUT2D eigenvalue weighted by Gasteiger charge is 2.28. The molecule has 8 heteroatoms. The van der Waals surface area contributed by atoms with E-state index >= 15 is 0 Å². The van der Waals surface area contributed by atoms with Gasteiger partial charge in [-0.3, -0.25) is 14.1 Å². The van der Waals surface area contributed by atoms with Crippen molar-refractivity contribution < 1.29 is 17.9 Å². The number of pyridine rings is 1. The Hall–Kier alpha value is -2.61. The third-order valence-corrected chi connectivity index (χ3v) is 4.87. The number of ether oxygens (including phenoxy) is 1. The minimum atomic E-state index is -3.64. The number of hydrogen-bond acceptors (Lipinski definition) is 5. The maximum atomic E-state index is 12.4. The van der Waals surface area contributed by atoms with Crippen molar-refractivity contribution in [3.63, 3.8) is 0 Å². The molecule has 1 amide bonds. The number of aromatic nitrogens is 1. The minimum absolute atomic E-state index is 0.298. The maximum Gasteiger partial charge on any atom is 0.243 e. The number of anilines is 1. The fourth-order valence-electron chi connectivity index (χ4n) is 2.38. The first-order chi connectivity index (χ1) is 11.8. The Morgan fingerprint density at radius 1 is 1.20 bits per heavy atom. The average Bonchev–Trinajstić information content (AvgIpc) is 2.60. The van der Waals surface area contributed by atoms with Crippen LogP contribution < -0.4 is 14.4 Å². The second-order valence-electron chi connectivity index (χ2n) is 5.51. The first-order valence-electron chi connectivity index (χ1n) is 7.63. The predicted octanol–water partition coefficient (Wildman–Crippen LogP) is 1.56. The van der Waals surface area contributed by atoms with Gasteiger partial charge in [0.2, 0.25) is 15.9 Å². The van der Waals surface area contributed by atoms with Crippen LogP contribution in [0.1, 0.15) is 12.5 Å². The number of nitrogens with one attached hydrogen (secondary N) is 1. The molecule has 2 aromatic rings. The first kappa shape index (κ1) is 18.7. The zero-order valence-electron chi connectivity index (χ0n) is 14.3. The summed E-state index contributed by atoms with van der Waals surface area (Å²) in [7, 11) is -2.12. The van der Waals surface area contributed by atoms with Crippen LogP contribution in [0.4, 0.5) is 5.69 Å². The average molecular weight is 363 g/mol. The van der Waals surface area contributed by atoms with Gasteiger partial charge in [0, 0.05) is 18.9 Å². The van der Waals surface area contributed by atoms with Crippen molar-refractivity contribution in [3.8, 4) is 5.75 Å². The van der Waals surface area contributed by atoms with E-state index in [4.69, 9.17) is 4.74 Å². The van der Waals surface area contributed by atoms with Gasteiger partial charge in [0.1, 0.15) is 11.8 Å². The molecule has 0 bridgehead atoms. The summed E-state index contributed by atoms with van der Waals surface area (Å²) in [5, 5.41) is 2.75. The number of amides is 1. The van der Waals surface area contributed by atoms with Crippen LogP contribution in [0.3, 0.4) is 0 Å². The highest BCUT2D eigenvalue weighted by Crippen LogP contribution is 2.23. The Labute approximate surface area is 147 Å². The van der Waals surface area contributed by atoms with Crippen LogP contribution in [-0.4, -0.2) is 38.7 Å². The topological polar surface area (TPSA) is 88.6 Å². The quantitative estimate of drug-likeness (QED) is 0.806. The third kappa shape index (κ3) is 4.93. The molecule has 0 aliphatic heterocycles. The fraction of sp³-hybridized carbons (Fsp3) is 0.294. The Morgan fingerprint density at radius 3 is 2.32 bits per heavy atom. The Morgan fingerprint density at radius 2 is 1.80 bits per heavy atom. The van der Waals surface area contributed by atoms with Gasteiger partial charge >= 0.3 is 0 Å². The lowest BCUT2D eigenvalue weighted by Gasteiger charge is -2.28. The number of carbonyl (C=O) groups is 1. The van der Waals surface area contributed by atoms with Gasteiger partial charge in [0.15, 0.2) is 0 Å². The van der Waals surface area contributed by atoms with Crippen LogP contribution in [0.15, 0.2) is 48.8 Å². The number of methoxy groups -OCH3 is 1. The van der Waals surface area contributed by atoms with Gasteiger partial charge in [0.25, 0.3) is 0 Å². The van der Waals surface area contributed by atoms with Crippen LogP contribution in [0.25, 0.3) is 0 Å². The Balaban J connectivity index is 2.17. The highest BCUT2D eigenvalue weighted by molar-refractivity contribution is 7.92. The second-order valence-corrected chi connectivity index (χ2v) is 7.37. The summed E-state index contributed by atoms with van der Waals surface area (Å²) in [4.78, 5) is 16.4. The molecule has 1 aromatic heterocycles. The fourth-order valence-corrected chi connectivity index (χ4v) is 3.55. The van der Waals surface area contributed by atoms with E-state index in [0.717, 1.165) is 16.1 Å². The molecule has 1 atom stereocenters. The molecule has 1 N–H and O–H groups in total. The SMILES string of the molecule is COc1ccc(N(C(C)C(=O)NCc2ccncc2)S(C)(=O)=O)cc1. The van der Waals surface area contributed by atoms with Gasteiger partial charge in [-0.15, -0.1) is 0 Å². The molecule has 0 aliphatic carbocycles. The summed E-state index contributed by atoms with van der Waals surface area (Å²) < 4.78 is 30.6. The molecule has 134 valence electrons. The van der Waals surface area contributed by atoms with Gasteiger partial charge in [-0.05, 0) is 48.9 Å². The summed E-state index contributed by atoms with van der Waals surface area (Å²) in [6.07, 6.45) is 4.33. The zero-order chi connectivity index (χ0) is 18.4. The Kier molecular flexibility index (Phi) is 5.97. The summed E-state index contributed by atoms with van der Waals surface area (Å²) in [5.74, 6) is 0.213. The molecule has 0 saturated heterocycles. The maximum absolute atomic E-state index is 12.4. The normalized spacial score (nSPS) is 12.3. The largest absolute Gasteiger partial charge is 0.497 e. The molecular weight excluding hydrogens is 342 g/mol. The van der Waals surface area contributed by atoms with Crippen molar-refractivity contribution in [1.29, 1.82) is 0 Å². The van der Waals surface area contributed by atoms with Gasteiger partial charge < -0.3 is 10.1 Å². The lowest BCUT2D eigenvalue weighted by molar-refractivity contribution is -0.122. The Bertz CT molecular complexity index is 808. The standard InChI is InChI=1S/C17H21N3O4S/c1-13(17(21)19-12-14-8-10-18-11-9-14)20(25(3,22)23)15-4-6-16(24-2)7-5-15/h4-11,13H,12H2,1-3H3,(H,19,21). The number of carbonyl (C=O) groups excluding carboxylic acids is 1. The second kappa shape index (κ2) is 7.98. The van der Waals surface area contributed by atoms with Crippen LogP contribution >= 0.6 is 0 Å². The lowest BCUT2D eigenvalue weighted by Crippen LogP contribution is -2.47. The molecule has 0 saturated carbocycles. The van der Waals surface area contributed by atoms with Gasteiger partial charge in [-0.25, -0.2) is 8.42 Å². The lowest BCUT2D eigenvalue weighted by atomic mass is 10.2. The summed E-state index contributed by atoms with van der Waals surface area (Å²) in [6, 6.07) is 9.17. The molecule has 1 heterocycles. The van der Waals surface area contributed by atoms with Crippen LogP contribution in [-0.2, 0) is 21.4 Å². The monoisotopic (exact) mass is 363 g/mol. The van der Waals surface area contributed by atoms with Crippen molar-refractivity contribution >= 4 is 21.6 Å². The molecular formula is C17H21N3O4S. The molecule has 7 nitrogen and oxygen atoms in total. The molecule has 0 spiro atoms. The van der Waals surface area contributed by atoms with E-state index in [1.165, 1.54) is 7.11 Å². The van der Waals surface area contributed by atoms with Gasteiger partial charge in [-0.1, -0.05) is 0 Å². The third-order valence-electron chi connectivity index (χ3n) is 3.63. The predicted molar refractivity (Wildman–Crippen MR) is 95.9 cm³/mol. The van der Waals surface area contributed by atoms with Crippen LogP contribution in [0, 0.1) is 0 Å². The summed E-state index contributed by atoms with van der Waals surface area (Å²) in [6.45, 7) is 1.85. The van der Waals surface area contributed by atoms with Crippen molar-refractivity contribution in [1.82, 2.24) is 10.3 Å². The number of nitrogens with zero attached hydrogens (tertiary/aromatic N) is 2. The van der Waals surface area contributed by atoms with E-state index in [-0.39, 0.29) is 0 Å². The number of hydrogen-bond donors (Lipinski definition) is 1. The first-order valence-corrected chi connectivity index (χ1v) is 9.48. The van der Waals surface area contributed by atoms with Crippen LogP contribution in [0.5, 0.6) is 5.75 Å². The highest BCUT2D eigenvalue weighted by atomic mass is 32.2. The molecule has 0 fully saturated rings. The molecule has 0 aliphatic rings. The number of rotatable bonds is 7. The smallest absolute Gasteiger partial charge is 0.243 e.